The minimum Gasteiger partial charge on any atom is -0.478 e. The van der Waals surface area contributed by atoms with Gasteiger partial charge in [-0.25, -0.2) is 9.18 Å². The Labute approximate surface area is 124 Å². The second kappa shape index (κ2) is 6.89. The average molecular weight is 282 g/mol. The summed E-state index contributed by atoms with van der Waals surface area (Å²) in [6.07, 6.45) is 2.15. The molecule has 0 aliphatic carbocycles. The van der Waals surface area contributed by atoms with Gasteiger partial charge in [-0.1, -0.05) is 47.9 Å². The monoisotopic (exact) mass is 282 g/mol. The zero-order valence-electron chi connectivity index (χ0n) is 11.8. The van der Waals surface area contributed by atoms with Crippen LogP contribution in [0.25, 0.3) is 5.57 Å². The molecule has 0 saturated carbocycles. The molecule has 0 aromatic heterocycles. The average Bonchev–Trinajstić information content (AvgIpc) is 2.45. The number of rotatable bonds is 5. The second-order valence-electron chi connectivity index (χ2n) is 4.97. The zero-order valence-corrected chi connectivity index (χ0v) is 11.8. The van der Waals surface area contributed by atoms with E-state index in [9.17, 15) is 9.18 Å². The highest BCUT2D eigenvalue weighted by molar-refractivity contribution is 6.32. The Kier molecular flexibility index (Phi) is 4.93. The van der Waals surface area contributed by atoms with Crippen molar-refractivity contribution in [2.45, 2.75) is 12.8 Å². The molecule has 21 heavy (non-hydrogen) atoms. The first-order valence-corrected chi connectivity index (χ1v) is 6.80. The van der Waals surface area contributed by atoms with Gasteiger partial charge >= 0.3 is 5.97 Å². The first kappa shape index (κ1) is 15.0. The van der Waals surface area contributed by atoms with Crippen LogP contribution in [0.4, 0.5) is 4.39 Å². The third-order valence-corrected chi connectivity index (χ3v) is 3.31. The van der Waals surface area contributed by atoms with E-state index < -0.39 is 5.97 Å². The summed E-state index contributed by atoms with van der Waals surface area (Å²) < 4.78 is 13.8. The van der Waals surface area contributed by atoms with E-state index >= 15 is 0 Å². The molecule has 1 N–H and O–H groups in total. The van der Waals surface area contributed by atoms with E-state index in [0.717, 1.165) is 11.0 Å². The van der Waals surface area contributed by atoms with Gasteiger partial charge in [-0.05, 0) is 35.6 Å². The molecule has 2 nitrogen and oxygen atoms in total. The van der Waals surface area contributed by atoms with Gasteiger partial charge in [0.2, 0.25) is 0 Å². The number of allylic oxidation sites excluding steroid dienone is 1. The number of carboxylic acids is 1. The quantitative estimate of drug-likeness (QED) is 0.674. The van der Waals surface area contributed by atoms with Gasteiger partial charge in [0.05, 0.1) is 0 Å². The topological polar surface area (TPSA) is 37.3 Å². The van der Waals surface area contributed by atoms with Crippen molar-refractivity contribution >= 4 is 24.9 Å². The third-order valence-electron chi connectivity index (χ3n) is 3.31. The molecule has 0 heterocycles. The lowest BCUT2D eigenvalue weighted by molar-refractivity contribution is -0.131. The van der Waals surface area contributed by atoms with Crippen LogP contribution in [0.5, 0.6) is 0 Å². The van der Waals surface area contributed by atoms with Gasteiger partial charge in [0.25, 0.3) is 0 Å². The summed E-state index contributed by atoms with van der Waals surface area (Å²) >= 11 is 0. The van der Waals surface area contributed by atoms with Gasteiger partial charge in [0.15, 0.2) is 0 Å². The molecule has 106 valence electrons. The van der Waals surface area contributed by atoms with E-state index in [1.54, 1.807) is 6.07 Å². The van der Waals surface area contributed by atoms with Crippen LogP contribution in [-0.2, 0) is 11.2 Å². The lowest BCUT2D eigenvalue weighted by Crippen LogP contribution is -2.05. The fraction of sp³-hybridized carbons (Fsp3) is 0.118. The summed E-state index contributed by atoms with van der Waals surface area (Å²) in [6, 6.07) is 14.4. The maximum Gasteiger partial charge on any atom is 0.328 e. The summed E-state index contributed by atoms with van der Waals surface area (Å²) in [5.74, 6) is -1.23. The van der Waals surface area contributed by atoms with Crippen molar-refractivity contribution in [3.63, 3.8) is 0 Å². The number of halogens is 1. The number of aliphatic carboxylic acids is 1. The molecule has 0 amide bonds. The largest absolute Gasteiger partial charge is 0.478 e. The molecule has 0 spiro atoms. The van der Waals surface area contributed by atoms with Crippen molar-refractivity contribution in [1.82, 2.24) is 0 Å². The lowest BCUT2D eigenvalue weighted by Gasteiger charge is -2.08. The van der Waals surface area contributed by atoms with Crippen LogP contribution >= 0.6 is 0 Å². The Morgan fingerprint density at radius 3 is 2.52 bits per heavy atom. The fourth-order valence-electron chi connectivity index (χ4n) is 2.23. The molecule has 0 atom stereocenters. The molecule has 2 aromatic rings. The standard InChI is InChI=1S/C17H16BFO2/c18-15-9-8-13(16(19)11-15)6-7-14(10-17(20)21)12-4-2-1-3-5-12/h1-5,8-11H,6-7,18H2,(H,20,21)/b14-10-. The number of aryl methyl sites for hydroxylation is 1. The van der Waals surface area contributed by atoms with Crippen LogP contribution in [-0.4, -0.2) is 18.9 Å². The van der Waals surface area contributed by atoms with Crippen molar-refractivity contribution in [2.24, 2.45) is 0 Å². The van der Waals surface area contributed by atoms with Crippen molar-refractivity contribution in [2.75, 3.05) is 0 Å². The molecule has 0 saturated heterocycles. The molecule has 2 aromatic carbocycles. The third kappa shape index (κ3) is 4.31. The van der Waals surface area contributed by atoms with Crippen molar-refractivity contribution in [1.29, 1.82) is 0 Å². The van der Waals surface area contributed by atoms with Crippen molar-refractivity contribution < 1.29 is 14.3 Å². The number of carboxylic acid groups (broad SMARTS) is 1. The first-order chi connectivity index (χ1) is 10.1. The second-order valence-corrected chi connectivity index (χ2v) is 4.97. The van der Waals surface area contributed by atoms with E-state index in [-0.39, 0.29) is 5.82 Å². The van der Waals surface area contributed by atoms with Crippen LogP contribution in [0, 0.1) is 5.82 Å². The Morgan fingerprint density at radius 1 is 1.19 bits per heavy atom. The Bertz CT molecular complexity index is 666. The molecule has 0 bridgehead atoms. The van der Waals surface area contributed by atoms with Crippen LogP contribution < -0.4 is 5.46 Å². The maximum atomic E-state index is 13.8. The normalized spacial score (nSPS) is 11.4. The summed E-state index contributed by atoms with van der Waals surface area (Å²) in [4.78, 5) is 11.0. The smallest absolute Gasteiger partial charge is 0.328 e. The molecule has 4 heteroatoms. The maximum absolute atomic E-state index is 13.8. The van der Waals surface area contributed by atoms with Gasteiger partial charge < -0.3 is 5.11 Å². The van der Waals surface area contributed by atoms with Gasteiger partial charge in [0.1, 0.15) is 13.7 Å². The van der Waals surface area contributed by atoms with Gasteiger partial charge in [-0.15, -0.1) is 0 Å². The summed E-state index contributed by atoms with van der Waals surface area (Å²) in [7, 11) is 1.84. The summed E-state index contributed by atoms with van der Waals surface area (Å²) in [5.41, 5.74) is 3.03. The first-order valence-electron chi connectivity index (χ1n) is 6.80. The number of benzene rings is 2. The Morgan fingerprint density at radius 2 is 1.90 bits per heavy atom. The molecule has 0 fully saturated rings. The van der Waals surface area contributed by atoms with Gasteiger partial charge in [0, 0.05) is 6.08 Å². The minimum atomic E-state index is -0.988. The van der Waals surface area contributed by atoms with Crippen LogP contribution in [0.1, 0.15) is 17.5 Å². The molecular weight excluding hydrogens is 266 g/mol. The highest BCUT2D eigenvalue weighted by Gasteiger charge is 2.07. The lowest BCUT2D eigenvalue weighted by atomic mass is 9.92. The van der Waals surface area contributed by atoms with E-state index in [0.29, 0.717) is 24.0 Å². The number of hydrogen-bond acceptors (Lipinski definition) is 1. The summed E-state index contributed by atoms with van der Waals surface area (Å²) in [5, 5.41) is 8.98. The van der Waals surface area contributed by atoms with Gasteiger partial charge in [-0.3, -0.25) is 0 Å². The number of carbonyl (C=O) groups is 1. The van der Waals surface area contributed by atoms with Crippen LogP contribution in [0.3, 0.4) is 0 Å². The van der Waals surface area contributed by atoms with Crippen LogP contribution in [0.2, 0.25) is 0 Å². The zero-order chi connectivity index (χ0) is 15.2. The molecule has 0 unspecified atom stereocenters. The van der Waals surface area contributed by atoms with E-state index in [1.807, 2.05) is 44.2 Å². The SMILES string of the molecule is Bc1ccc(CC/C(=C/C(=O)O)c2ccccc2)c(F)c1. The molecule has 0 radical (unpaired) electrons. The van der Waals surface area contributed by atoms with Crippen molar-refractivity contribution in [3.8, 4) is 0 Å². The van der Waals surface area contributed by atoms with E-state index in [1.165, 1.54) is 12.1 Å². The minimum absolute atomic E-state index is 0.238. The van der Waals surface area contributed by atoms with Gasteiger partial charge in [-0.2, -0.15) is 0 Å². The highest BCUT2D eigenvalue weighted by atomic mass is 19.1. The number of hydrogen-bond donors (Lipinski definition) is 1. The van der Waals surface area contributed by atoms with E-state index in [4.69, 9.17) is 5.11 Å². The van der Waals surface area contributed by atoms with E-state index in [2.05, 4.69) is 0 Å². The Balaban J connectivity index is 2.19. The summed E-state index contributed by atoms with van der Waals surface area (Å²) in [6.45, 7) is 0. The molecule has 0 aliphatic heterocycles. The fourth-order valence-corrected chi connectivity index (χ4v) is 2.23. The molecule has 2 rings (SSSR count). The molecular formula is C17H16BFO2. The highest BCUT2D eigenvalue weighted by Crippen LogP contribution is 2.21. The molecule has 0 aliphatic rings. The van der Waals surface area contributed by atoms with Crippen molar-refractivity contribution in [3.05, 3.63) is 71.6 Å². The van der Waals surface area contributed by atoms with Crippen LogP contribution in [0.15, 0.2) is 54.6 Å². The Hall–Kier alpha value is -2.36. The predicted molar refractivity (Wildman–Crippen MR) is 85.0 cm³/mol. The predicted octanol–water partition coefficient (Wildman–Crippen LogP) is 2.18.